The van der Waals surface area contributed by atoms with Crippen LogP contribution >= 0.6 is 15.9 Å². The van der Waals surface area contributed by atoms with E-state index in [-0.39, 0.29) is 0 Å². The van der Waals surface area contributed by atoms with Gasteiger partial charge >= 0.3 is 0 Å². The van der Waals surface area contributed by atoms with Gasteiger partial charge in [-0.15, -0.1) is 0 Å². The maximum atomic E-state index is 4.99. The highest BCUT2D eigenvalue weighted by atomic mass is 79.9. The Morgan fingerprint density at radius 1 is 1.50 bits per heavy atom. The van der Waals surface area contributed by atoms with Crippen molar-refractivity contribution in [1.82, 2.24) is 0 Å². The van der Waals surface area contributed by atoms with Crippen molar-refractivity contribution in [1.29, 1.82) is 0 Å². The minimum absolute atomic E-state index is 0.655. The van der Waals surface area contributed by atoms with E-state index < -0.39 is 0 Å². The SMILES string of the molecule is CCC(Br)C(C)CCOC. The molecule has 0 bridgehead atoms. The molecule has 0 aliphatic carbocycles. The van der Waals surface area contributed by atoms with Crippen molar-refractivity contribution in [3.05, 3.63) is 0 Å². The Labute approximate surface area is 72.3 Å². The van der Waals surface area contributed by atoms with Gasteiger partial charge in [0.05, 0.1) is 0 Å². The van der Waals surface area contributed by atoms with Crippen LogP contribution in [-0.4, -0.2) is 18.5 Å². The number of methoxy groups -OCH3 is 1. The Morgan fingerprint density at radius 2 is 2.10 bits per heavy atom. The molecule has 1 nitrogen and oxygen atoms in total. The Bertz CT molecular complexity index is 75.7. The van der Waals surface area contributed by atoms with Gasteiger partial charge in [-0.3, -0.25) is 0 Å². The highest BCUT2D eigenvalue weighted by molar-refractivity contribution is 9.09. The summed E-state index contributed by atoms with van der Waals surface area (Å²) in [4.78, 5) is 0.655. The van der Waals surface area contributed by atoms with Crippen LogP contribution in [0.3, 0.4) is 0 Å². The molecule has 0 aliphatic heterocycles. The van der Waals surface area contributed by atoms with E-state index in [2.05, 4.69) is 29.8 Å². The van der Waals surface area contributed by atoms with Gasteiger partial charge in [0.25, 0.3) is 0 Å². The van der Waals surface area contributed by atoms with E-state index in [1.807, 2.05) is 0 Å². The molecule has 0 fully saturated rings. The summed E-state index contributed by atoms with van der Waals surface area (Å²) in [6.07, 6.45) is 2.35. The van der Waals surface area contributed by atoms with Gasteiger partial charge in [0.1, 0.15) is 0 Å². The predicted octanol–water partition coefficient (Wildman–Crippen LogP) is 2.83. The van der Waals surface area contributed by atoms with Crippen molar-refractivity contribution in [2.24, 2.45) is 5.92 Å². The topological polar surface area (TPSA) is 9.23 Å². The molecule has 0 aromatic heterocycles. The van der Waals surface area contributed by atoms with E-state index in [4.69, 9.17) is 4.74 Å². The Balaban J connectivity index is 3.31. The second-order valence-electron chi connectivity index (χ2n) is 2.68. The lowest BCUT2D eigenvalue weighted by atomic mass is 10.0. The lowest BCUT2D eigenvalue weighted by molar-refractivity contribution is 0.179. The van der Waals surface area contributed by atoms with Crippen LogP contribution in [0.2, 0.25) is 0 Å². The lowest BCUT2D eigenvalue weighted by Gasteiger charge is -2.15. The van der Waals surface area contributed by atoms with E-state index in [9.17, 15) is 0 Å². The highest BCUT2D eigenvalue weighted by Crippen LogP contribution is 2.18. The van der Waals surface area contributed by atoms with Gasteiger partial charge in [-0.25, -0.2) is 0 Å². The summed E-state index contributed by atoms with van der Waals surface area (Å²) in [6, 6.07) is 0. The summed E-state index contributed by atoms with van der Waals surface area (Å²) >= 11 is 3.62. The van der Waals surface area contributed by atoms with Crippen LogP contribution in [0.5, 0.6) is 0 Å². The van der Waals surface area contributed by atoms with Gasteiger partial charge < -0.3 is 4.74 Å². The molecule has 0 radical (unpaired) electrons. The number of alkyl halides is 1. The molecular weight excluding hydrogens is 192 g/mol. The molecule has 2 unspecified atom stereocenters. The second-order valence-corrected chi connectivity index (χ2v) is 3.86. The zero-order valence-electron chi connectivity index (χ0n) is 7.06. The zero-order chi connectivity index (χ0) is 7.98. The molecule has 0 saturated heterocycles. The summed E-state index contributed by atoms with van der Waals surface area (Å²) in [5.74, 6) is 0.727. The van der Waals surface area contributed by atoms with Crippen molar-refractivity contribution < 1.29 is 4.74 Å². The number of ether oxygens (including phenoxy) is 1. The fraction of sp³-hybridized carbons (Fsp3) is 1.00. The van der Waals surface area contributed by atoms with Gasteiger partial charge in [-0.2, -0.15) is 0 Å². The summed E-state index contributed by atoms with van der Waals surface area (Å²) in [5, 5.41) is 0. The van der Waals surface area contributed by atoms with Crippen LogP contribution < -0.4 is 0 Å². The minimum Gasteiger partial charge on any atom is -0.385 e. The summed E-state index contributed by atoms with van der Waals surface area (Å²) in [5.41, 5.74) is 0. The van der Waals surface area contributed by atoms with Crippen molar-refractivity contribution in [2.75, 3.05) is 13.7 Å². The van der Waals surface area contributed by atoms with Gasteiger partial charge in [-0.1, -0.05) is 29.8 Å². The molecular formula is C8H17BrO. The molecule has 2 heteroatoms. The molecule has 0 aromatic carbocycles. The molecule has 0 N–H and O–H groups in total. The van der Waals surface area contributed by atoms with Crippen molar-refractivity contribution in [3.63, 3.8) is 0 Å². The molecule has 0 saturated carbocycles. The Morgan fingerprint density at radius 3 is 2.50 bits per heavy atom. The first kappa shape index (κ1) is 10.4. The van der Waals surface area contributed by atoms with Crippen LogP contribution in [0.1, 0.15) is 26.7 Å². The van der Waals surface area contributed by atoms with E-state index in [0.717, 1.165) is 18.9 Å². The summed E-state index contributed by atoms with van der Waals surface area (Å²) < 4.78 is 4.99. The first-order valence-corrected chi connectivity index (χ1v) is 4.77. The van der Waals surface area contributed by atoms with Crippen molar-refractivity contribution >= 4 is 15.9 Å². The molecule has 62 valence electrons. The molecule has 0 spiro atoms. The smallest absolute Gasteiger partial charge is 0.0465 e. The fourth-order valence-corrected chi connectivity index (χ4v) is 1.15. The number of rotatable bonds is 5. The Hall–Kier alpha value is 0.440. The number of hydrogen-bond acceptors (Lipinski definition) is 1. The molecule has 0 aromatic rings. The van der Waals surface area contributed by atoms with E-state index in [1.165, 1.54) is 6.42 Å². The van der Waals surface area contributed by atoms with Crippen LogP contribution in [0.15, 0.2) is 0 Å². The number of halogens is 1. The monoisotopic (exact) mass is 208 g/mol. The normalized spacial score (nSPS) is 16.8. The predicted molar refractivity (Wildman–Crippen MR) is 48.7 cm³/mol. The average molecular weight is 209 g/mol. The van der Waals surface area contributed by atoms with Crippen molar-refractivity contribution in [3.8, 4) is 0 Å². The average Bonchev–Trinajstić information content (AvgIpc) is 1.98. The zero-order valence-corrected chi connectivity index (χ0v) is 8.65. The fourth-order valence-electron chi connectivity index (χ4n) is 0.887. The summed E-state index contributed by atoms with van der Waals surface area (Å²) in [6.45, 7) is 5.33. The van der Waals surface area contributed by atoms with Gasteiger partial charge in [0.15, 0.2) is 0 Å². The van der Waals surface area contributed by atoms with E-state index >= 15 is 0 Å². The van der Waals surface area contributed by atoms with Crippen LogP contribution in [0.4, 0.5) is 0 Å². The second kappa shape index (κ2) is 6.17. The van der Waals surface area contributed by atoms with Crippen LogP contribution in [0.25, 0.3) is 0 Å². The third kappa shape index (κ3) is 4.29. The quantitative estimate of drug-likeness (QED) is 0.632. The summed E-state index contributed by atoms with van der Waals surface area (Å²) in [7, 11) is 1.75. The van der Waals surface area contributed by atoms with Crippen LogP contribution in [0, 0.1) is 5.92 Å². The lowest BCUT2D eigenvalue weighted by Crippen LogP contribution is -2.11. The maximum absolute atomic E-state index is 4.99. The van der Waals surface area contributed by atoms with Gasteiger partial charge in [-0.05, 0) is 18.8 Å². The Kier molecular flexibility index (Phi) is 6.44. The van der Waals surface area contributed by atoms with E-state index in [1.54, 1.807) is 7.11 Å². The molecule has 10 heavy (non-hydrogen) atoms. The van der Waals surface area contributed by atoms with Crippen LogP contribution in [-0.2, 0) is 4.74 Å². The maximum Gasteiger partial charge on any atom is 0.0465 e. The molecule has 0 amide bonds. The van der Waals surface area contributed by atoms with Crippen molar-refractivity contribution in [2.45, 2.75) is 31.5 Å². The standard InChI is InChI=1S/C8H17BrO/c1-4-8(9)7(2)5-6-10-3/h7-8H,4-6H2,1-3H3. The number of hydrogen-bond donors (Lipinski definition) is 0. The van der Waals surface area contributed by atoms with Gasteiger partial charge in [0, 0.05) is 18.5 Å². The minimum atomic E-state index is 0.655. The molecule has 0 aliphatic rings. The molecule has 0 heterocycles. The van der Waals surface area contributed by atoms with E-state index in [0.29, 0.717) is 4.83 Å². The van der Waals surface area contributed by atoms with Gasteiger partial charge in [0.2, 0.25) is 0 Å². The third-order valence-electron chi connectivity index (χ3n) is 1.78. The first-order valence-electron chi connectivity index (χ1n) is 3.85. The third-order valence-corrected chi connectivity index (χ3v) is 3.33. The largest absolute Gasteiger partial charge is 0.385 e. The highest BCUT2D eigenvalue weighted by Gasteiger charge is 2.10. The first-order chi connectivity index (χ1) is 4.72. The molecule has 2 atom stereocenters. The molecule has 0 rings (SSSR count).